The van der Waals surface area contributed by atoms with Crippen molar-refractivity contribution in [2.75, 3.05) is 5.32 Å². The van der Waals surface area contributed by atoms with Crippen LogP contribution in [0.15, 0.2) is 53.7 Å². The van der Waals surface area contributed by atoms with Crippen LogP contribution in [0.25, 0.3) is 0 Å². The quantitative estimate of drug-likeness (QED) is 0.617. The van der Waals surface area contributed by atoms with Crippen LogP contribution < -0.4 is 11.1 Å². The van der Waals surface area contributed by atoms with Gasteiger partial charge in [0.05, 0.1) is 5.56 Å². The maximum atomic E-state index is 8.90. The summed E-state index contributed by atoms with van der Waals surface area (Å²) in [5.74, 6) is 0.498. The lowest BCUT2D eigenvalue weighted by molar-refractivity contribution is 1.24. The Morgan fingerprint density at radius 3 is 2.72 bits per heavy atom. The van der Waals surface area contributed by atoms with Crippen molar-refractivity contribution in [2.45, 2.75) is 0 Å². The minimum absolute atomic E-state index is 0.191. The number of aliphatic imine (C=N–C) groups is 1. The van der Waals surface area contributed by atoms with Gasteiger partial charge in [-0.2, -0.15) is 10.3 Å². The first-order valence-corrected chi connectivity index (χ1v) is 5.31. The van der Waals surface area contributed by atoms with E-state index in [2.05, 4.69) is 15.3 Å². The zero-order chi connectivity index (χ0) is 12.8. The molecule has 0 spiro atoms. The fraction of sp³-hybridized carbons (Fsp3) is 0. The highest BCUT2D eigenvalue weighted by atomic mass is 15.1. The van der Waals surface area contributed by atoms with Crippen LogP contribution in [0.2, 0.25) is 0 Å². The van der Waals surface area contributed by atoms with E-state index in [9.17, 15) is 0 Å². The average molecular weight is 237 g/mol. The topological polar surface area (TPSA) is 87.1 Å². The summed E-state index contributed by atoms with van der Waals surface area (Å²) in [5, 5.41) is 11.8. The summed E-state index contributed by atoms with van der Waals surface area (Å²) in [5.41, 5.74) is 6.96. The number of hydrogen-bond donors (Lipinski definition) is 2. The van der Waals surface area contributed by atoms with Gasteiger partial charge in [0.15, 0.2) is 11.8 Å². The lowest BCUT2D eigenvalue weighted by atomic mass is 10.3. The summed E-state index contributed by atoms with van der Waals surface area (Å²) in [6, 6.07) is 14.7. The maximum Gasteiger partial charge on any atom is 0.199 e. The molecule has 0 aliphatic carbocycles. The van der Waals surface area contributed by atoms with Gasteiger partial charge in [-0.15, -0.1) is 0 Å². The molecule has 2 aromatic rings. The Morgan fingerprint density at radius 1 is 1.22 bits per heavy atom. The summed E-state index contributed by atoms with van der Waals surface area (Å²) in [6.45, 7) is 0. The smallest absolute Gasteiger partial charge is 0.199 e. The summed E-state index contributed by atoms with van der Waals surface area (Å²) >= 11 is 0. The Balaban J connectivity index is 2.21. The molecule has 0 fully saturated rings. The second-order valence-electron chi connectivity index (χ2n) is 3.47. The third-order valence-electron chi connectivity index (χ3n) is 2.18. The van der Waals surface area contributed by atoms with Crippen molar-refractivity contribution in [3.8, 4) is 6.07 Å². The van der Waals surface area contributed by atoms with Crippen LogP contribution in [-0.4, -0.2) is 10.9 Å². The molecular weight excluding hydrogens is 226 g/mol. The zero-order valence-electron chi connectivity index (χ0n) is 9.54. The van der Waals surface area contributed by atoms with Crippen molar-refractivity contribution in [3.05, 3.63) is 54.2 Å². The van der Waals surface area contributed by atoms with Crippen LogP contribution >= 0.6 is 0 Å². The molecule has 18 heavy (non-hydrogen) atoms. The first-order chi connectivity index (χ1) is 8.79. The monoisotopic (exact) mass is 237 g/mol. The highest BCUT2D eigenvalue weighted by Gasteiger charge is 2.01. The van der Waals surface area contributed by atoms with Crippen LogP contribution in [-0.2, 0) is 0 Å². The van der Waals surface area contributed by atoms with Crippen molar-refractivity contribution in [3.63, 3.8) is 0 Å². The predicted molar refractivity (Wildman–Crippen MR) is 70.3 cm³/mol. The molecule has 0 saturated heterocycles. The molecule has 88 valence electrons. The number of hydrogen-bond acceptors (Lipinski definition) is 3. The maximum absolute atomic E-state index is 8.90. The molecule has 1 aromatic carbocycles. The normalized spacial score (nSPS) is 10.7. The Kier molecular flexibility index (Phi) is 3.52. The molecule has 2 rings (SSSR count). The largest absolute Gasteiger partial charge is 0.369 e. The van der Waals surface area contributed by atoms with Gasteiger partial charge in [0.2, 0.25) is 0 Å². The van der Waals surface area contributed by atoms with E-state index < -0.39 is 0 Å². The number of pyridine rings is 1. The SMILES string of the molecule is N#Cc1cccnc1N=C(N)Nc1ccccc1. The number of anilines is 1. The summed E-state index contributed by atoms with van der Waals surface area (Å²) in [7, 11) is 0. The molecule has 0 bridgehead atoms. The van der Waals surface area contributed by atoms with Crippen LogP contribution in [0.4, 0.5) is 11.5 Å². The second kappa shape index (κ2) is 5.46. The number of nitrogens with one attached hydrogen (secondary N) is 1. The molecule has 0 radical (unpaired) electrons. The number of para-hydroxylation sites is 1. The molecular formula is C13H11N5. The number of nitrogens with two attached hydrogens (primary N) is 1. The van der Waals surface area contributed by atoms with Gasteiger partial charge in [-0.3, -0.25) is 0 Å². The van der Waals surface area contributed by atoms with Gasteiger partial charge in [-0.25, -0.2) is 4.98 Å². The number of nitriles is 1. The third-order valence-corrected chi connectivity index (χ3v) is 2.18. The van der Waals surface area contributed by atoms with Gasteiger partial charge in [0.1, 0.15) is 6.07 Å². The molecule has 0 atom stereocenters. The predicted octanol–water partition coefficient (Wildman–Crippen LogP) is 2.01. The number of rotatable bonds is 2. The van der Waals surface area contributed by atoms with Crippen molar-refractivity contribution in [2.24, 2.45) is 10.7 Å². The first kappa shape index (κ1) is 11.6. The van der Waals surface area contributed by atoms with E-state index >= 15 is 0 Å². The van der Waals surface area contributed by atoms with Gasteiger partial charge in [0.25, 0.3) is 0 Å². The standard InChI is InChI=1S/C13H11N5/c14-9-10-5-4-8-16-12(10)18-13(15)17-11-6-2-1-3-7-11/h1-8H,(H3,15,16,17,18). The molecule has 1 heterocycles. The van der Waals surface area contributed by atoms with Crippen molar-refractivity contribution >= 4 is 17.5 Å². The molecule has 0 unspecified atom stereocenters. The molecule has 0 aliphatic rings. The lowest BCUT2D eigenvalue weighted by Gasteiger charge is -2.04. The summed E-state index contributed by atoms with van der Waals surface area (Å²) in [4.78, 5) is 8.08. The minimum Gasteiger partial charge on any atom is -0.369 e. The van der Waals surface area contributed by atoms with Crippen LogP contribution in [0, 0.1) is 11.3 Å². The molecule has 3 N–H and O–H groups in total. The van der Waals surface area contributed by atoms with Crippen molar-refractivity contribution < 1.29 is 0 Å². The first-order valence-electron chi connectivity index (χ1n) is 5.31. The van der Waals surface area contributed by atoms with Gasteiger partial charge in [-0.05, 0) is 24.3 Å². The van der Waals surface area contributed by atoms with E-state index in [1.165, 1.54) is 0 Å². The number of benzene rings is 1. The van der Waals surface area contributed by atoms with Crippen molar-refractivity contribution in [1.29, 1.82) is 5.26 Å². The Labute approximate surface area is 105 Å². The molecule has 5 nitrogen and oxygen atoms in total. The molecule has 5 heteroatoms. The molecule has 1 aromatic heterocycles. The Bertz CT molecular complexity index is 598. The number of nitrogens with zero attached hydrogens (tertiary/aromatic N) is 3. The highest BCUT2D eigenvalue weighted by Crippen LogP contribution is 2.13. The van der Waals surface area contributed by atoms with Gasteiger partial charge in [-0.1, -0.05) is 18.2 Å². The van der Waals surface area contributed by atoms with Gasteiger partial charge < -0.3 is 11.1 Å². The van der Waals surface area contributed by atoms with E-state index in [-0.39, 0.29) is 5.96 Å². The fourth-order valence-corrected chi connectivity index (χ4v) is 1.38. The van der Waals surface area contributed by atoms with E-state index in [0.29, 0.717) is 11.4 Å². The van der Waals surface area contributed by atoms with Crippen LogP contribution in [0.1, 0.15) is 5.56 Å². The number of guanidine groups is 1. The number of aromatic nitrogens is 1. The van der Waals surface area contributed by atoms with E-state index in [1.54, 1.807) is 18.3 Å². The van der Waals surface area contributed by atoms with Crippen LogP contribution in [0.3, 0.4) is 0 Å². The van der Waals surface area contributed by atoms with E-state index in [0.717, 1.165) is 5.69 Å². The van der Waals surface area contributed by atoms with E-state index in [1.807, 2.05) is 36.4 Å². The Hall–Kier alpha value is -2.87. The Morgan fingerprint density at radius 2 is 2.00 bits per heavy atom. The third kappa shape index (κ3) is 2.83. The average Bonchev–Trinajstić information content (AvgIpc) is 2.40. The zero-order valence-corrected chi connectivity index (χ0v) is 9.54. The summed E-state index contributed by atoms with van der Waals surface area (Å²) < 4.78 is 0. The van der Waals surface area contributed by atoms with Crippen LogP contribution in [0.5, 0.6) is 0 Å². The second-order valence-corrected chi connectivity index (χ2v) is 3.47. The minimum atomic E-state index is 0.191. The highest BCUT2D eigenvalue weighted by molar-refractivity contribution is 5.93. The fourth-order valence-electron chi connectivity index (χ4n) is 1.38. The van der Waals surface area contributed by atoms with Crippen molar-refractivity contribution in [1.82, 2.24) is 4.98 Å². The molecule has 0 aliphatic heterocycles. The molecule has 0 saturated carbocycles. The molecule has 0 amide bonds. The lowest BCUT2D eigenvalue weighted by Crippen LogP contribution is -2.22. The van der Waals surface area contributed by atoms with Gasteiger partial charge in [0, 0.05) is 11.9 Å². The van der Waals surface area contributed by atoms with E-state index in [4.69, 9.17) is 11.0 Å². The summed E-state index contributed by atoms with van der Waals surface area (Å²) in [6.07, 6.45) is 1.56. The van der Waals surface area contributed by atoms with Gasteiger partial charge >= 0.3 is 0 Å².